The first-order valence-electron chi connectivity index (χ1n) is 5.77. The van der Waals surface area contributed by atoms with E-state index in [9.17, 15) is 0 Å². The number of hydrogen-bond acceptors (Lipinski definition) is 4. The fraction of sp³-hybridized carbons (Fsp3) is 0.727. The van der Waals surface area contributed by atoms with Crippen molar-refractivity contribution in [3.05, 3.63) is 12.3 Å². The molecular weight excluding hydrogens is 188 g/mol. The maximum absolute atomic E-state index is 4.05. The second kappa shape index (κ2) is 7.15. The van der Waals surface area contributed by atoms with Crippen molar-refractivity contribution in [1.82, 2.24) is 15.4 Å². The number of hydrogen-bond donors (Lipinski definition) is 0. The molecule has 1 rings (SSSR count). The van der Waals surface area contributed by atoms with Gasteiger partial charge in [0.15, 0.2) is 5.82 Å². The largest absolute Gasteiger partial charge is 0.355 e. The van der Waals surface area contributed by atoms with Gasteiger partial charge in [-0.15, -0.1) is 10.2 Å². The molecule has 0 aromatic carbocycles. The van der Waals surface area contributed by atoms with Crippen molar-refractivity contribution in [3.63, 3.8) is 0 Å². The van der Waals surface area contributed by atoms with Crippen LogP contribution in [0.3, 0.4) is 0 Å². The smallest absolute Gasteiger partial charge is 0.154 e. The summed E-state index contributed by atoms with van der Waals surface area (Å²) in [5.41, 5.74) is 0. The van der Waals surface area contributed by atoms with E-state index in [0.29, 0.717) is 0 Å². The summed E-state index contributed by atoms with van der Waals surface area (Å²) in [4.78, 5) is 2.29. The highest BCUT2D eigenvalue weighted by Crippen LogP contribution is 2.10. The Balaban J connectivity index is 2.55. The van der Waals surface area contributed by atoms with Crippen molar-refractivity contribution < 1.29 is 0 Å². The molecular formula is C11H20N4. The topological polar surface area (TPSA) is 41.9 Å². The minimum absolute atomic E-state index is 0.951. The van der Waals surface area contributed by atoms with Crippen LogP contribution >= 0.6 is 0 Å². The zero-order valence-corrected chi connectivity index (χ0v) is 9.69. The standard InChI is InChI=1S/C11H20N4/c1-3-5-9-15(10-6-4-2)11-7-8-12-14-13-11/h7-8H,3-6,9-10H2,1-2H3. The molecule has 0 bridgehead atoms. The van der Waals surface area contributed by atoms with Gasteiger partial charge >= 0.3 is 0 Å². The molecule has 0 N–H and O–H groups in total. The number of rotatable bonds is 7. The van der Waals surface area contributed by atoms with E-state index in [1.807, 2.05) is 6.07 Å². The molecule has 0 fully saturated rings. The van der Waals surface area contributed by atoms with E-state index < -0.39 is 0 Å². The van der Waals surface area contributed by atoms with Gasteiger partial charge in [0.1, 0.15) is 0 Å². The molecule has 0 saturated heterocycles. The molecule has 0 atom stereocenters. The summed E-state index contributed by atoms with van der Waals surface area (Å²) in [6.45, 7) is 6.54. The summed E-state index contributed by atoms with van der Waals surface area (Å²) in [5.74, 6) is 0.951. The fourth-order valence-corrected chi connectivity index (χ4v) is 1.44. The Kier molecular flexibility index (Phi) is 5.66. The van der Waals surface area contributed by atoms with Crippen LogP contribution in [0.4, 0.5) is 5.82 Å². The Labute approximate surface area is 91.7 Å². The van der Waals surface area contributed by atoms with Crippen LogP contribution in [-0.2, 0) is 0 Å². The number of anilines is 1. The van der Waals surface area contributed by atoms with Crippen molar-refractivity contribution in [3.8, 4) is 0 Å². The summed E-state index contributed by atoms with van der Waals surface area (Å²) < 4.78 is 0. The first-order valence-corrected chi connectivity index (χ1v) is 5.77. The molecule has 84 valence electrons. The van der Waals surface area contributed by atoms with Crippen LogP contribution in [0.25, 0.3) is 0 Å². The van der Waals surface area contributed by atoms with Gasteiger partial charge in [0.05, 0.1) is 6.20 Å². The van der Waals surface area contributed by atoms with Crippen LogP contribution in [0.15, 0.2) is 12.3 Å². The third-order valence-corrected chi connectivity index (χ3v) is 2.38. The lowest BCUT2D eigenvalue weighted by Gasteiger charge is -2.22. The third kappa shape index (κ3) is 4.23. The van der Waals surface area contributed by atoms with Gasteiger partial charge in [-0.2, -0.15) is 0 Å². The summed E-state index contributed by atoms with van der Waals surface area (Å²) in [6, 6.07) is 1.93. The second-order valence-electron chi connectivity index (χ2n) is 3.67. The zero-order valence-electron chi connectivity index (χ0n) is 9.69. The third-order valence-electron chi connectivity index (χ3n) is 2.38. The Morgan fingerprint density at radius 1 is 1.13 bits per heavy atom. The van der Waals surface area contributed by atoms with Crippen molar-refractivity contribution in [2.75, 3.05) is 18.0 Å². The normalized spacial score (nSPS) is 10.3. The molecule has 0 spiro atoms. The van der Waals surface area contributed by atoms with E-state index in [4.69, 9.17) is 0 Å². The number of nitrogens with zero attached hydrogens (tertiary/aromatic N) is 4. The molecule has 0 radical (unpaired) electrons. The highest BCUT2D eigenvalue weighted by Gasteiger charge is 2.06. The van der Waals surface area contributed by atoms with Crippen molar-refractivity contribution in [2.24, 2.45) is 0 Å². The minimum Gasteiger partial charge on any atom is -0.355 e. The lowest BCUT2D eigenvalue weighted by atomic mass is 10.2. The van der Waals surface area contributed by atoms with Gasteiger partial charge in [-0.05, 0) is 18.1 Å². The first-order chi connectivity index (χ1) is 7.38. The summed E-state index contributed by atoms with van der Waals surface area (Å²) >= 11 is 0. The number of aromatic nitrogens is 3. The zero-order chi connectivity index (χ0) is 10.9. The molecule has 15 heavy (non-hydrogen) atoms. The van der Waals surface area contributed by atoms with Crippen LogP contribution in [-0.4, -0.2) is 28.5 Å². The predicted molar refractivity (Wildman–Crippen MR) is 61.9 cm³/mol. The van der Waals surface area contributed by atoms with Crippen LogP contribution in [0.2, 0.25) is 0 Å². The maximum atomic E-state index is 4.05. The van der Waals surface area contributed by atoms with E-state index >= 15 is 0 Å². The average Bonchev–Trinajstić information content (AvgIpc) is 2.30. The average molecular weight is 208 g/mol. The van der Waals surface area contributed by atoms with Gasteiger partial charge in [-0.1, -0.05) is 26.7 Å². The van der Waals surface area contributed by atoms with Crippen molar-refractivity contribution in [1.29, 1.82) is 0 Å². The van der Waals surface area contributed by atoms with E-state index in [0.717, 1.165) is 18.9 Å². The molecule has 0 aliphatic carbocycles. The molecule has 0 aliphatic heterocycles. The molecule has 0 amide bonds. The van der Waals surface area contributed by atoms with Crippen LogP contribution in [0.5, 0.6) is 0 Å². The van der Waals surface area contributed by atoms with E-state index in [-0.39, 0.29) is 0 Å². The van der Waals surface area contributed by atoms with Gasteiger partial charge in [-0.25, -0.2) is 0 Å². The van der Waals surface area contributed by atoms with Crippen molar-refractivity contribution in [2.45, 2.75) is 39.5 Å². The highest BCUT2D eigenvalue weighted by molar-refractivity contribution is 5.35. The van der Waals surface area contributed by atoms with E-state index in [1.54, 1.807) is 6.20 Å². The Morgan fingerprint density at radius 2 is 1.80 bits per heavy atom. The Hall–Kier alpha value is -1.19. The van der Waals surface area contributed by atoms with Gasteiger partial charge in [0.25, 0.3) is 0 Å². The SMILES string of the molecule is CCCCN(CCCC)c1ccnnn1. The Morgan fingerprint density at radius 3 is 2.27 bits per heavy atom. The lowest BCUT2D eigenvalue weighted by molar-refractivity contribution is 0.661. The van der Waals surface area contributed by atoms with E-state index in [1.165, 1.54) is 25.7 Å². The van der Waals surface area contributed by atoms with Gasteiger partial charge < -0.3 is 4.90 Å². The van der Waals surface area contributed by atoms with Crippen LogP contribution in [0, 0.1) is 0 Å². The monoisotopic (exact) mass is 208 g/mol. The molecule has 0 aliphatic rings. The molecule has 1 heterocycles. The van der Waals surface area contributed by atoms with Gasteiger partial charge in [0, 0.05) is 19.2 Å². The maximum Gasteiger partial charge on any atom is 0.154 e. The fourth-order valence-electron chi connectivity index (χ4n) is 1.44. The number of unbranched alkanes of at least 4 members (excludes halogenated alkanes) is 2. The molecule has 0 saturated carbocycles. The second-order valence-corrected chi connectivity index (χ2v) is 3.67. The first kappa shape index (κ1) is 11.9. The van der Waals surface area contributed by atoms with Crippen molar-refractivity contribution >= 4 is 5.82 Å². The van der Waals surface area contributed by atoms with E-state index in [2.05, 4.69) is 34.2 Å². The summed E-state index contributed by atoms with van der Waals surface area (Å²) in [6.07, 6.45) is 6.52. The molecule has 1 aromatic rings. The summed E-state index contributed by atoms with van der Waals surface area (Å²) in [5, 5.41) is 11.4. The van der Waals surface area contributed by atoms with Crippen LogP contribution in [0.1, 0.15) is 39.5 Å². The lowest BCUT2D eigenvalue weighted by Crippen LogP contribution is -2.26. The predicted octanol–water partition coefficient (Wildman–Crippen LogP) is 2.28. The quantitative estimate of drug-likeness (QED) is 0.689. The minimum atomic E-state index is 0.951. The molecule has 4 nitrogen and oxygen atoms in total. The highest BCUT2D eigenvalue weighted by atomic mass is 15.4. The molecule has 1 aromatic heterocycles. The molecule has 4 heteroatoms. The van der Waals surface area contributed by atoms with Crippen LogP contribution < -0.4 is 4.90 Å². The van der Waals surface area contributed by atoms with Gasteiger partial charge in [-0.3, -0.25) is 0 Å². The summed E-state index contributed by atoms with van der Waals surface area (Å²) in [7, 11) is 0. The molecule has 0 unspecified atom stereocenters. The Bertz CT molecular complexity index is 242. The van der Waals surface area contributed by atoms with Gasteiger partial charge in [0.2, 0.25) is 0 Å².